The minimum Gasteiger partial charge on any atom is -0.355 e. The van der Waals surface area contributed by atoms with Gasteiger partial charge in [0, 0.05) is 17.7 Å². The monoisotopic (exact) mass is 183 g/mol. The summed E-state index contributed by atoms with van der Waals surface area (Å²) < 4.78 is 0. The van der Waals surface area contributed by atoms with Crippen molar-refractivity contribution in [3.8, 4) is 0 Å². The number of likely N-dealkylation sites (N-methyl/N-ethyl adjacent to an activating group) is 1. The average Bonchev–Trinajstić information content (AvgIpc) is 2.08. The van der Waals surface area contributed by atoms with Gasteiger partial charge in [0.1, 0.15) is 0 Å². The van der Waals surface area contributed by atoms with Crippen LogP contribution in [-0.4, -0.2) is 13.0 Å². The predicted molar refractivity (Wildman–Crippen MR) is 49.8 cm³/mol. The van der Waals surface area contributed by atoms with Crippen LogP contribution in [0.2, 0.25) is 0 Å². The zero-order valence-corrected chi connectivity index (χ0v) is 7.61. The van der Waals surface area contributed by atoms with Gasteiger partial charge in [-0.15, -0.1) is 0 Å². The molecule has 0 saturated carbocycles. The van der Waals surface area contributed by atoms with Crippen LogP contribution in [0.15, 0.2) is 34.9 Å². The zero-order chi connectivity index (χ0) is 9.14. The summed E-state index contributed by atoms with van der Waals surface area (Å²) in [5.41, 5.74) is 1.38. The van der Waals surface area contributed by atoms with Crippen molar-refractivity contribution >= 4 is 17.5 Å². The molecule has 0 unspecified atom stereocenters. The second-order valence-corrected chi connectivity index (χ2v) is 2.97. The predicted octanol–water partition coefficient (Wildman–Crippen LogP) is 1.74. The molecular weight excluding hydrogens is 174 g/mol. The fourth-order valence-corrected chi connectivity index (χ4v) is 1.18. The molecule has 0 aromatic carbocycles. The van der Waals surface area contributed by atoms with Crippen molar-refractivity contribution in [3.63, 3.8) is 0 Å². The summed E-state index contributed by atoms with van der Waals surface area (Å²) in [6, 6.07) is 0. The van der Waals surface area contributed by atoms with Gasteiger partial charge >= 0.3 is 0 Å². The number of rotatable bonds is 1. The van der Waals surface area contributed by atoms with E-state index in [1.54, 1.807) is 13.1 Å². The summed E-state index contributed by atoms with van der Waals surface area (Å²) in [5, 5.41) is 3.13. The van der Waals surface area contributed by atoms with Crippen LogP contribution in [0.3, 0.4) is 0 Å². The Kier molecular flexibility index (Phi) is 2.71. The lowest BCUT2D eigenvalue weighted by Gasteiger charge is -2.11. The maximum Gasteiger partial charge on any atom is 0.251 e. The van der Waals surface area contributed by atoms with Crippen molar-refractivity contribution < 1.29 is 4.79 Å². The Hall–Kier alpha value is -1.02. The molecule has 12 heavy (non-hydrogen) atoms. The van der Waals surface area contributed by atoms with Crippen LogP contribution < -0.4 is 5.32 Å². The summed E-state index contributed by atoms with van der Waals surface area (Å²) >= 11 is 5.74. The highest BCUT2D eigenvalue weighted by atomic mass is 35.5. The van der Waals surface area contributed by atoms with Crippen molar-refractivity contribution in [2.24, 2.45) is 0 Å². The molecular formula is C9H10ClNO. The topological polar surface area (TPSA) is 29.1 Å². The summed E-state index contributed by atoms with van der Waals surface area (Å²) in [4.78, 5) is 11.2. The number of amides is 1. The van der Waals surface area contributed by atoms with E-state index < -0.39 is 0 Å². The first-order chi connectivity index (χ1) is 5.65. The molecule has 1 N–H and O–H groups in total. The molecule has 0 aromatic heterocycles. The molecule has 0 fully saturated rings. The molecule has 1 aliphatic carbocycles. The van der Waals surface area contributed by atoms with Crippen LogP contribution in [-0.2, 0) is 4.79 Å². The third kappa shape index (κ3) is 1.77. The van der Waals surface area contributed by atoms with Crippen LogP contribution in [0.4, 0.5) is 0 Å². The third-order valence-corrected chi connectivity index (χ3v) is 1.94. The number of hydrogen-bond acceptors (Lipinski definition) is 1. The van der Waals surface area contributed by atoms with Gasteiger partial charge in [0.05, 0.1) is 0 Å². The number of carbonyl (C=O) groups is 1. The third-order valence-electron chi connectivity index (χ3n) is 1.68. The molecule has 0 spiro atoms. The van der Waals surface area contributed by atoms with E-state index in [2.05, 4.69) is 11.9 Å². The van der Waals surface area contributed by atoms with E-state index in [0.717, 1.165) is 5.57 Å². The van der Waals surface area contributed by atoms with Gasteiger partial charge < -0.3 is 5.32 Å². The lowest BCUT2D eigenvalue weighted by atomic mass is 9.99. The van der Waals surface area contributed by atoms with Crippen LogP contribution in [0.1, 0.15) is 6.42 Å². The Balaban J connectivity index is 2.93. The van der Waals surface area contributed by atoms with Crippen LogP contribution in [0.25, 0.3) is 0 Å². The molecule has 0 bridgehead atoms. The van der Waals surface area contributed by atoms with Gasteiger partial charge in [-0.1, -0.05) is 24.3 Å². The van der Waals surface area contributed by atoms with Crippen LogP contribution >= 0.6 is 11.6 Å². The Bertz CT molecular complexity index is 289. The zero-order valence-electron chi connectivity index (χ0n) is 6.86. The van der Waals surface area contributed by atoms with Gasteiger partial charge in [0.25, 0.3) is 5.91 Å². The van der Waals surface area contributed by atoms with E-state index in [4.69, 9.17) is 11.6 Å². The Morgan fingerprint density at radius 3 is 3.00 bits per heavy atom. The summed E-state index contributed by atoms with van der Waals surface area (Å²) in [7, 11) is 1.59. The second kappa shape index (κ2) is 3.59. The quantitative estimate of drug-likeness (QED) is 0.659. The van der Waals surface area contributed by atoms with Crippen LogP contribution in [0.5, 0.6) is 0 Å². The number of nitrogens with one attached hydrogen (secondary N) is 1. The highest BCUT2D eigenvalue weighted by Gasteiger charge is 2.13. The van der Waals surface area contributed by atoms with Gasteiger partial charge in [-0.2, -0.15) is 0 Å². The minimum atomic E-state index is -0.133. The molecule has 1 amide bonds. The lowest BCUT2D eigenvalue weighted by molar-refractivity contribution is -0.116. The van der Waals surface area contributed by atoms with Gasteiger partial charge in [-0.25, -0.2) is 0 Å². The van der Waals surface area contributed by atoms with E-state index in [1.807, 2.05) is 6.08 Å². The van der Waals surface area contributed by atoms with E-state index in [1.165, 1.54) is 0 Å². The van der Waals surface area contributed by atoms with Crippen molar-refractivity contribution in [2.75, 3.05) is 7.05 Å². The summed E-state index contributed by atoms with van der Waals surface area (Å²) in [5.74, 6) is -0.133. The molecule has 64 valence electrons. The first-order valence-electron chi connectivity index (χ1n) is 3.62. The molecule has 0 radical (unpaired) electrons. The molecule has 0 aliphatic heterocycles. The Labute approximate surface area is 76.6 Å². The smallest absolute Gasteiger partial charge is 0.251 e. The van der Waals surface area contributed by atoms with Gasteiger partial charge in [0.15, 0.2) is 0 Å². The fourth-order valence-electron chi connectivity index (χ4n) is 0.990. The van der Waals surface area contributed by atoms with Gasteiger partial charge in [0.2, 0.25) is 0 Å². The van der Waals surface area contributed by atoms with E-state index in [-0.39, 0.29) is 5.91 Å². The highest BCUT2D eigenvalue weighted by Crippen LogP contribution is 2.23. The van der Waals surface area contributed by atoms with E-state index >= 15 is 0 Å². The average molecular weight is 184 g/mol. The maximum absolute atomic E-state index is 11.2. The van der Waals surface area contributed by atoms with Gasteiger partial charge in [-0.05, 0) is 18.1 Å². The number of allylic oxidation sites excluding steroid dienone is 3. The molecule has 2 nitrogen and oxygen atoms in total. The van der Waals surface area contributed by atoms with E-state index in [0.29, 0.717) is 17.0 Å². The van der Waals surface area contributed by atoms with Crippen molar-refractivity contribution in [2.45, 2.75) is 6.42 Å². The molecule has 1 rings (SSSR count). The SMILES string of the molecule is C=C1CC=C(Cl)C=C1C(=O)NC. The number of hydrogen-bond donors (Lipinski definition) is 1. The summed E-state index contributed by atoms with van der Waals surface area (Å²) in [6.45, 7) is 3.77. The Morgan fingerprint density at radius 2 is 2.42 bits per heavy atom. The minimum absolute atomic E-state index is 0.133. The van der Waals surface area contributed by atoms with Crippen molar-refractivity contribution in [1.82, 2.24) is 5.32 Å². The maximum atomic E-state index is 11.2. The molecule has 0 saturated heterocycles. The molecule has 1 aliphatic rings. The number of halogens is 1. The summed E-state index contributed by atoms with van der Waals surface area (Å²) in [6.07, 6.45) is 4.11. The first kappa shape index (κ1) is 9.07. The fraction of sp³-hybridized carbons (Fsp3) is 0.222. The molecule has 3 heteroatoms. The normalized spacial score (nSPS) is 16.7. The number of carbonyl (C=O) groups excluding carboxylic acids is 1. The molecule has 0 atom stereocenters. The lowest BCUT2D eigenvalue weighted by Crippen LogP contribution is -2.21. The second-order valence-electron chi connectivity index (χ2n) is 2.53. The van der Waals surface area contributed by atoms with E-state index in [9.17, 15) is 4.79 Å². The first-order valence-corrected chi connectivity index (χ1v) is 4.00. The largest absolute Gasteiger partial charge is 0.355 e. The van der Waals surface area contributed by atoms with Gasteiger partial charge in [-0.3, -0.25) is 4.79 Å². The highest BCUT2D eigenvalue weighted by molar-refractivity contribution is 6.31. The molecule has 0 aromatic rings. The van der Waals surface area contributed by atoms with Crippen LogP contribution in [0, 0.1) is 0 Å². The molecule has 0 heterocycles. The standard InChI is InChI=1S/C9H10ClNO/c1-6-3-4-7(10)5-8(6)9(12)11-2/h4-5H,1,3H2,2H3,(H,11,12). The van der Waals surface area contributed by atoms with Crippen molar-refractivity contribution in [3.05, 3.63) is 34.9 Å². The van der Waals surface area contributed by atoms with Crippen molar-refractivity contribution in [1.29, 1.82) is 0 Å². The Morgan fingerprint density at radius 1 is 1.75 bits per heavy atom.